The van der Waals surface area contributed by atoms with Crippen LogP contribution in [0.4, 0.5) is 35.3 Å². The van der Waals surface area contributed by atoms with Gasteiger partial charge in [0.2, 0.25) is 0 Å². The van der Waals surface area contributed by atoms with Crippen molar-refractivity contribution in [3.63, 3.8) is 0 Å². The fourth-order valence-corrected chi connectivity index (χ4v) is 3.58. The molecule has 4 rings (SSSR count). The second-order valence-corrected chi connectivity index (χ2v) is 7.66. The van der Waals surface area contributed by atoms with Crippen LogP contribution in [-0.2, 0) is 6.54 Å². The van der Waals surface area contributed by atoms with E-state index in [4.69, 9.17) is 0 Å². The quantitative estimate of drug-likeness (QED) is 0.556. The number of carbonyl (C=O) groups is 1. The van der Waals surface area contributed by atoms with E-state index in [0.29, 0.717) is 17.3 Å². The third-order valence-corrected chi connectivity index (χ3v) is 5.19. The van der Waals surface area contributed by atoms with Crippen LogP contribution in [0.5, 0.6) is 5.75 Å². The van der Waals surface area contributed by atoms with Gasteiger partial charge in [-0.15, -0.1) is 13.2 Å². The number of piperazine rings is 1. The van der Waals surface area contributed by atoms with Crippen molar-refractivity contribution in [2.75, 3.05) is 41.7 Å². The lowest BCUT2D eigenvalue weighted by Crippen LogP contribution is -2.46. The number of amides is 2. The first kappa shape index (κ1) is 23.3. The van der Waals surface area contributed by atoms with Crippen LogP contribution >= 0.6 is 0 Å². The number of alkyl halides is 3. The summed E-state index contributed by atoms with van der Waals surface area (Å²) in [4.78, 5) is 25.2. The number of halogens is 3. The minimum atomic E-state index is -4.77. The molecule has 2 amide bonds. The molecule has 0 atom stereocenters. The summed E-state index contributed by atoms with van der Waals surface area (Å²) in [5.74, 6) is 0.646. The molecule has 2 aromatic carbocycles. The lowest BCUT2D eigenvalue weighted by molar-refractivity contribution is -0.274. The van der Waals surface area contributed by atoms with Crippen LogP contribution in [0.25, 0.3) is 0 Å². The predicted molar refractivity (Wildman–Crippen MR) is 122 cm³/mol. The van der Waals surface area contributed by atoms with Crippen molar-refractivity contribution in [2.45, 2.75) is 12.9 Å². The molecule has 3 aromatic rings. The van der Waals surface area contributed by atoms with Gasteiger partial charge in [-0.1, -0.05) is 30.3 Å². The molecule has 1 aromatic heterocycles. The third kappa shape index (κ3) is 6.82. The lowest BCUT2D eigenvalue weighted by atomic mass is 10.2. The molecule has 0 spiro atoms. The minimum Gasteiger partial charge on any atom is -0.406 e. The first-order valence-corrected chi connectivity index (χ1v) is 10.6. The Bertz CT molecular complexity index is 1090. The Balaban J connectivity index is 1.28. The minimum absolute atomic E-state index is 0.302. The number of hydrogen-bond acceptors (Lipinski definition) is 6. The maximum absolute atomic E-state index is 12.3. The van der Waals surface area contributed by atoms with Crippen molar-refractivity contribution in [3.05, 3.63) is 72.6 Å². The fraction of sp³-hybridized carbons (Fsp3) is 0.261. The van der Waals surface area contributed by atoms with Crippen LogP contribution in [0.3, 0.4) is 0 Å². The van der Waals surface area contributed by atoms with Gasteiger partial charge in [0.15, 0.2) is 0 Å². The number of aromatic nitrogens is 2. The Hall–Kier alpha value is -3.86. The van der Waals surface area contributed by atoms with Crippen molar-refractivity contribution in [3.8, 4) is 5.75 Å². The summed E-state index contributed by atoms with van der Waals surface area (Å²) < 4.78 is 40.6. The molecule has 11 heteroatoms. The number of carbonyl (C=O) groups excluding carboxylic acids is 1. The van der Waals surface area contributed by atoms with Gasteiger partial charge in [-0.25, -0.2) is 14.8 Å². The second-order valence-electron chi connectivity index (χ2n) is 7.66. The van der Waals surface area contributed by atoms with E-state index in [0.717, 1.165) is 44.9 Å². The van der Waals surface area contributed by atoms with Crippen LogP contribution in [0.2, 0.25) is 0 Å². The Morgan fingerprint density at radius 3 is 2.32 bits per heavy atom. The molecule has 34 heavy (non-hydrogen) atoms. The van der Waals surface area contributed by atoms with Crippen molar-refractivity contribution in [1.29, 1.82) is 0 Å². The SMILES string of the molecule is O=C(Nc1ccc(OC(F)(F)F)cc1)Nc1cc(N2CCN(Cc3ccccc3)CC2)ncn1. The maximum Gasteiger partial charge on any atom is 0.573 e. The summed E-state index contributed by atoms with van der Waals surface area (Å²) >= 11 is 0. The Kier molecular flexibility index (Phi) is 7.12. The normalized spacial score (nSPS) is 14.5. The van der Waals surface area contributed by atoms with Crippen molar-refractivity contribution < 1.29 is 22.7 Å². The van der Waals surface area contributed by atoms with Crippen molar-refractivity contribution >= 4 is 23.4 Å². The van der Waals surface area contributed by atoms with Crippen LogP contribution < -0.4 is 20.3 Å². The first-order valence-electron chi connectivity index (χ1n) is 10.6. The van der Waals surface area contributed by atoms with Crippen LogP contribution in [0, 0.1) is 0 Å². The molecule has 1 aliphatic heterocycles. The highest BCUT2D eigenvalue weighted by Gasteiger charge is 2.31. The zero-order valence-electron chi connectivity index (χ0n) is 18.1. The van der Waals surface area contributed by atoms with Gasteiger partial charge in [0.25, 0.3) is 0 Å². The molecule has 2 N–H and O–H groups in total. The highest BCUT2D eigenvalue weighted by atomic mass is 19.4. The number of rotatable bonds is 6. The van der Waals surface area contributed by atoms with E-state index < -0.39 is 12.4 Å². The molecule has 8 nitrogen and oxygen atoms in total. The Morgan fingerprint density at radius 1 is 0.941 bits per heavy atom. The number of hydrogen-bond donors (Lipinski definition) is 2. The summed E-state index contributed by atoms with van der Waals surface area (Å²) in [6, 6.07) is 16.3. The number of benzene rings is 2. The molecule has 178 valence electrons. The molecule has 0 saturated carbocycles. The summed E-state index contributed by atoms with van der Waals surface area (Å²) in [6.07, 6.45) is -3.39. The number of anilines is 3. The van der Waals surface area contributed by atoms with E-state index in [1.807, 2.05) is 18.2 Å². The Labute approximate surface area is 194 Å². The molecule has 0 aliphatic carbocycles. The van der Waals surface area contributed by atoms with E-state index in [-0.39, 0.29) is 5.75 Å². The number of ether oxygens (including phenoxy) is 1. The maximum atomic E-state index is 12.3. The van der Waals surface area contributed by atoms with E-state index in [1.165, 1.54) is 24.0 Å². The lowest BCUT2D eigenvalue weighted by Gasteiger charge is -2.35. The smallest absolute Gasteiger partial charge is 0.406 e. The van der Waals surface area contributed by atoms with E-state index in [9.17, 15) is 18.0 Å². The zero-order valence-corrected chi connectivity index (χ0v) is 18.1. The van der Waals surface area contributed by atoms with Gasteiger partial charge < -0.3 is 15.0 Å². The van der Waals surface area contributed by atoms with Crippen LogP contribution in [0.15, 0.2) is 67.0 Å². The van der Waals surface area contributed by atoms with Gasteiger partial charge >= 0.3 is 12.4 Å². The molecule has 1 fully saturated rings. The summed E-state index contributed by atoms with van der Waals surface area (Å²) in [7, 11) is 0. The van der Waals surface area contributed by atoms with E-state index in [1.54, 1.807) is 6.07 Å². The molecule has 1 aliphatic rings. The Morgan fingerprint density at radius 2 is 1.65 bits per heavy atom. The summed E-state index contributed by atoms with van der Waals surface area (Å²) in [5, 5.41) is 5.16. The molecule has 2 heterocycles. The number of nitrogens with zero attached hydrogens (tertiary/aromatic N) is 4. The highest BCUT2D eigenvalue weighted by Crippen LogP contribution is 2.24. The average Bonchev–Trinajstić information content (AvgIpc) is 2.81. The largest absolute Gasteiger partial charge is 0.573 e. The van der Waals surface area contributed by atoms with Gasteiger partial charge in [0, 0.05) is 44.5 Å². The standard InChI is InChI=1S/C23H23F3N6O2/c24-23(25,26)34-19-8-6-18(7-9-19)29-22(33)30-20-14-21(28-16-27-20)32-12-10-31(11-13-32)15-17-4-2-1-3-5-17/h1-9,14,16H,10-13,15H2,(H2,27,28,29,30,33). The number of nitrogens with one attached hydrogen (secondary N) is 2. The van der Waals surface area contributed by atoms with Gasteiger partial charge in [-0.05, 0) is 29.8 Å². The highest BCUT2D eigenvalue weighted by molar-refractivity contribution is 5.99. The first-order chi connectivity index (χ1) is 16.3. The molecular formula is C23H23F3N6O2. The number of urea groups is 1. The monoisotopic (exact) mass is 472 g/mol. The van der Waals surface area contributed by atoms with Gasteiger partial charge in [0.05, 0.1) is 0 Å². The summed E-state index contributed by atoms with van der Waals surface area (Å²) in [6.45, 7) is 4.25. The predicted octanol–water partition coefficient (Wildman–Crippen LogP) is 4.34. The molecule has 1 saturated heterocycles. The zero-order chi connectivity index (χ0) is 24.0. The van der Waals surface area contributed by atoms with Gasteiger partial charge in [-0.2, -0.15) is 0 Å². The summed E-state index contributed by atoms with van der Waals surface area (Å²) in [5.41, 5.74) is 1.58. The van der Waals surface area contributed by atoms with Crippen molar-refractivity contribution in [2.24, 2.45) is 0 Å². The average molecular weight is 472 g/mol. The van der Waals surface area contributed by atoms with E-state index >= 15 is 0 Å². The third-order valence-electron chi connectivity index (χ3n) is 5.19. The van der Waals surface area contributed by atoms with Gasteiger partial charge in [0.1, 0.15) is 23.7 Å². The topological polar surface area (TPSA) is 82.6 Å². The second kappa shape index (κ2) is 10.4. The van der Waals surface area contributed by atoms with E-state index in [2.05, 4.69) is 47.3 Å². The van der Waals surface area contributed by atoms with Gasteiger partial charge in [-0.3, -0.25) is 10.2 Å². The molecular weight excluding hydrogens is 449 g/mol. The molecule has 0 unspecified atom stereocenters. The fourth-order valence-electron chi connectivity index (χ4n) is 3.58. The van der Waals surface area contributed by atoms with Crippen LogP contribution in [0.1, 0.15) is 5.56 Å². The molecule has 0 radical (unpaired) electrons. The van der Waals surface area contributed by atoms with Crippen molar-refractivity contribution in [1.82, 2.24) is 14.9 Å². The molecule has 0 bridgehead atoms. The van der Waals surface area contributed by atoms with Crippen LogP contribution in [-0.4, -0.2) is 53.4 Å².